The molecule has 1 aromatic heterocycles. The molecule has 0 saturated carbocycles. The standard InChI is InChI=1S/C17H20FN3O/c1-11-17(15-4-3-5-16(22)19-15)12(2)21(20-11)10-13-6-8-14(18)9-7-13/h6-9,15H,3-5,10H2,1-2H3,(H,19,22). The summed E-state index contributed by atoms with van der Waals surface area (Å²) in [6.07, 6.45) is 2.48. The van der Waals surface area contributed by atoms with Gasteiger partial charge in [0.2, 0.25) is 5.91 Å². The second-order valence-corrected chi connectivity index (χ2v) is 5.88. The zero-order valence-electron chi connectivity index (χ0n) is 12.9. The van der Waals surface area contributed by atoms with Crippen molar-refractivity contribution in [2.45, 2.75) is 45.7 Å². The SMILES string of the molecule is Cc1nn(Cc2ccc(F)cc2)c(C)c1C1CCCC(=O)N1. The van der Waals surface area contributed by atoms with Crippen LogP contribution in [0.5, 0.6) is 0 Å². The van der Waals surface area contributed by atoms with Gasteiger partial charge in [0.1, 0.15) is 5.82 Å². The Labute approximate surface area is 129 Å². The van der Waals surface area contributed by atoms with Crippen molar-refractivity contribution in [2.75, 3.05) is 0 Å². The first-order valence-corrected chi connectivity index (χ1v) is 7.62. The molecule has 0 spiro atoms. The van der Waals surface area contributed by atoms with E-state index in [2.05, 4.69) is 10.4 Å². The Hall–Kier alpha value is -2.17. The van der Waals surface area contributed by atoms with E-state index in [9.17, 15) is 9.18 Å². The zero-order valence-corrected chi connectivity index (χ0v) is 12.9. The van der Waals surface area contributed by atoms with Gasteiger partial charge < -0.3 is 5.32 Å². The van der Waals surface area contributed by atoms with Crippen molar-refractivity contribution in [3.63, 3.8) is 0 Å². The molecule has 0 aliphatic carbocycles. The topological polar surface area (TPSA) is 46.9 Å². The summed E-state index contributed by atoms with van der Waals surface area (Å²) in [4.78, 5) is 11.6. The van der Waals surface area contributed by atoms with E-state index in [1.54, 1.807) is 12.1 Å². The lowest BCUT2D eigenvalue weighted by Gasteiger charge is -2.23. The minimum absolute atomic E-state index is 0.0585. The number of amides is 1. The molecule has 1 aromatic carbocycles. The molecule has 1 unspecified atom stereocenters. The average Bonchev–Trinajstić information content (AvgIpc) is 2.76. The number of nitrogens with one attached hydrogen (secondary N) is 1. The van der Waals surface area contributed by atoms with E-state index in [-0.39, 0.29) is 17.8 Å². The first-order valence-electron chi connectivity index (χ1n) is 7.62. The van der Waals surface area contributed by atoms with Crippen LogP contribution in [0.15, 0.2) is 24.3 Å². The van der Waals surface area contributed by atoms with Gasteiger partial charge in [0.15, 0.2) is 0 Å². The van der Waals surface area contributed by atoms with Gasteiger partial charge in [-0.1, -0.05) is 12.1 Å². The van der Waals surface area contributed by atoms with Crippen LogP contribution >= 0.6 is 0 Å². The van der Waals surface area contributed by atoms with Crippen LogP contribution in [-0.2, 0) is 11.3 Å². The Kier molecular flexibility index (Phi) is 3.96. The first kappa shape index (κ1) is 14.8. The predicted molar refractivity (Wildman–Crippen MR) is 81.9 cm³/mol. The predicted octanol–water partition coefficient (Wildman–Crippen LogP) is 3.03. The maximum Gasteiger partial charge on any atom is 0.220 e. The highest BCUT2D eigenvalue weighted by molar-refractivity contribution is 5.77. The second kappa shape index (κ2) is 5.91. The molecule has 1 saturated heterocycles. The van der Waals surface area contributed by atoms with Crippen molar-refractivity contribution in [3.05, 3.63) is 52.6 Å². The number of carbonyl (C=O) groups excluding carboxylic acids is 1. The quantitative estimate of drug-likeness (QED) is 0.947. The lowest BCUT2D eigenvalue weighted by Crippen LogP contribution is -2.33. The molecule has 0 bridgehead atoms. The third kappa shape index (κ3) is 2.89. The molecular weight excluding hydrogens is 281 g/mol. The van der Waals surface area contributed by atoms with Gasteiger partial charge in [-0.05, 0) is 44.4 Å². The molecule has 116 valence electrons. The number of benzene rings is 1. The summed E-state index contributed by atoms with van der Waals surface area (Å²) in [5.41, 5.74) is 4.14. The number of rotatable bonds is 3. The highest BCUT2D eigenvalue weighted by Gasteiger charge is 2.25. The number of aryl methyl sites for hydroxylation is 1. The number of hydrogen-bond acceptors (Lipinski definition) is 2. The van der Waals surface area contributed by atoms with Gasteiger partial charge in [-0.3, -0.25) is 9.48 Å². The summed E-state index contributed by atoms with van der Waals surface area (Å²) >= 11 is 0. The van der Waals surface area contributed by atoms with Crippen LogP contribution in [0, 0.1) is 19.7 Å². The Morgan fingerprint density at radius 2 is 2.05 bits per heavy atom. The number of aromatic nitrogens is 2. The van der Waals surface area contributed by atoms with E-state index in [1.165, 1.54) is 12.1 Å². The fourth-order valence-corrected chi connectivity index (χ4v) is 3.15. The molecule has 4 nitrogen and oxygen atoms in total. The van der Waals surface area contributed by atoms with Crippen molar-refractivity contribution in [1.29, 1.82) is 0 Å². The molecule has 1 fully saturated rings. The van der Waals surface area contributed by atoms with Crippen LogP contribution < -0.4 is 5.32 Å². The van der Waals surface area contributed by atoms with E-state index < -0.39 is 0 Å². The van der Waals surface area contributed by atoms with Gasteiger partial charge in [-0.2, -0.15) is 5.10 Å². The molecule has 1 amide bonds. The van der Waals surface area contributed by atoms with Crippen molar-refractivity contribution >= 4 is 5.91 Å². The van der Waals surface area contributed by atoms with E-state index in [0.717, 1.165) is 35.4 Å². The molecule has 1 aliphatic rings. The van der Waals surface area contributed by atoms with E-state index in [4.69, 9.17) is 0 Å². The second-order valence-electron chi connectivity index (χ2n) is 5.88. The number of nitrogens with zero attached hydrogens (tertiary/aromatic N) is 2. The summed E-state index contributed by atoms with van der Waals surface area (Å²) in [5, 5.41) is 7.66. The molecule has 0 radical (unpaired) electrons. The van der Waals surface area contributed by atoms with Crippen LogP contribution in [0.25, 0.3) is 0 Å². The highest BCUT2D eigenvalue weighted by atomic mass is 19.1. The largest absolute Gasteiger partial charge is 0.349 e. The molecular formula is C17H20FN3O. The monoisotopic (exact) mass is 301 g/mol. The van der Waals surface area contributed by atoms with Gasteiger partial charge >= 0.3 is 0 Å². The van der Waals surface area contributed by atoms with Gasteiger partial charge in [-0.25, -0.2) is 4.39 Å². The number of piperidine rings is 1. The Morgan fingerprint density at radius 1 is 1.32 bits per heavy atom. The number of carbonyl (C=O) groups is 1. The van der Waals surface area contributed by atoms with Crippen LogP contribution in [0.1, 0.15) is 47.8 Å². The minimum Gasteiger partial charge on any atom is -0.349 e. The first-order chi connectivity index (χ1) is 10.5. The Morgan fingerprint density at radius 3 is 2.73 bits per heavy atom. The van der Waals surface area contributed by atoms with Crippen LogP contribution in [-0.4, -0.2) is 15.7 Å². The summed E-state index contributed by atoms with van der Waals surface area (Å²) < 4.78 is 14.9. The lowest BCUT2D eigenvalue weighted by atomic mass is 9.96. The lowest BCUT2D eigenvalue weighted by molar-refractivity contribution is -0.123. The van der Waals surface area contributed by atoms with Crippen molar-refractivity contribution in [2.24, 2.45) is 0 Å². The summed E-state index contributed by atoms with van der Waals surface area (Å²) in [5.74, 6) is -0.121. The Bertz CT molecular complexity index is 691. The Balaban J connectivity index is 1.86. The van der Waals surface area contributed by atoms with Gasteiger partial charge in [0, 0.05) is 17.7 Å². The van der Waals surface area contributed by atoms with E-state index >= 15 is 0 Å². The number of halogens is 1. The van der Waals surface area contributed by atoms with Crippen LogP contribution in [0.4, 0.5) is 4.39 Å². The molecule has 22 heavy (non-hydrogen) atoms. The molecule has 3 rings (SSSR count). The molecule has 1 aliphatic heterocycles. The molecule has 2 heterocycles. The molecule has 1 atom stereocenters. The van der Waals surface area contributed by atoms with Crippen molar-refractivity contribution < 1.29 is 9.18 Å². The van der Waals surface area contributed by atoms with Crippen molar-refractivity contribution in [1.82, 2.24) is 15.1 Å². The summed E-state index contributed by atoms with van der Waals surface area (Å²) in [6.45, 7) is 4.61. The summed E-state index contributed by atoms with van der Waals surface area (Å²) in [7, 11) is 0. The fraction of sp³-hybridized carbons (Fsp3) is 0.412. The maximum absolute atomic E-state index is 13.0. The molecule has 1 N–H and O–H groups in total. The third-order valence-electron chi connectivity index (χ3n) is 4.26. The van der Waals surface area contributed by atoms with E-state index in [0.29, 0.717) is 13.0 Å². The van der Waals surface area contributed by atoms with E-state index in [1.807, 2.05) is 18.5 Å². The van der Waals surface area contributed by atoms with Gasteiger partial charge in [0.25, 0.3) is 0 Å². The highest BCUT2D eigenvalue weighted by Crippen LogP contribution is 2.28. The third-order valence-corrected chi connectivity index (χ3v) is 4.26. The van der Waals surface area contributed by atoms with Gasteiger partial charge in [-0.15, -0.1) is 0 Å². The minimum atomic E-state index is -0.234. The molecule has 5 heteroatoms. The molecule has 2 aromatic rings. The van der Waals surface area contributed by atoms with Crippen LogP contribution in [0.3, 0.4) is 0 Å². The normalized spacial score (nSPS) is 18.3. The number of hydrogen-bond donors (Lipinski definition) is 1. The average molecular weight is 301 g/mol. The zero-order chi connectivity index (χ0) is 15.7. The smallest absolute Gasteiger partial charge is 0.220 e. The van der Waals surface area contributed by atoms with Crippen molar-refractivity contribution in [3.8, 4) is 0 Å². The fourth-order valence-electron chi connectivity index (χ4n) is 3.15. The van der Waals surface area contributed by atoms with Gasteiger partial charge in [0.05, 0.1) is 18.3 Å². The van der Waals surface area contributed by atoms with Crippen LogP contribution in [0.2, 0.25) is 0 Å². The maximum atomic E-state index is 13.0. The summed E-state index contributed by atoms with van der Waals surface area (Å²) in [6, 6.07) is 6.53.